The summed E-state index contributed by atoms with van der Waals surface area (Å²) in [6, 6.07) is 7.85. The largest absolute Gasteiger partial charge is 0.365 e. The van der Waals surface area contributed by atoms with Gasteiger partial charge in [0.05, 0.1) is 11.1 Å². The maximum Gasteiger partial charge on any atom is 0.255 e. The van der Waals surface area contributed by atoms with Crippen LogP contribution in [0.5, 0.6) is 0 Å². The van der Waals surface area contributed by atoms with E-state index in [4.69, 9.17) is 10.7 Å². The molecule has 2 aromatic rings. The van der Waals surface area contributed by atoms with Crippen LogP contribution in [0.4, 0.5) is 17.3 Å². The van der Waals surface area contributed by atoms with Crippen molar-refractivity contribution in [2.24, 2.45) is 5.73 Å². The lowest BCUT2D eigenvalue weighted by Crippen LogP contribution is -2.43. The van der Waals surface area contributed by atoms with Gasteiger partial charge in [-0.05, 0) is 43.5 Å². The molecule has 7 nitrogen and oxygen atoms in total. The third-order valence-corrected chi connectivity index (χ3v) is 5.81. The lowest BCUT2D eigenvalue weighted by atomic mass is 9.90. The zero-order valence-corrected chi connectivity index (χ0v) is 17.1. The van der Waals surface area contributed by atoms with E-state index in [0.717, 1.165) is 36.9 Å². The lowest BCUT2D eigenvalue weighted by Gasteiger charge is -2.30. The van der Waals surface area contributed by atoms with Gasteiger partial charge in [0, 0.05) is 29.9 Å². The van der Waals surface area contributed by atoms with Crippen molar-refractivity contribution < 1.29 is 9.59 Å². The van der Waals surface area contributed by atoms with Gasteiger partial charge < -0.3 is 21.7 Å². The molecule has 1 aromatic heterocycles. The molecule has 1 amide bonds. The summed E-state index contributed by atoms with van der Waals surface area (Å²) in [7, 11) is 0. The molecule has 1 aliphatic heterocycles. The number of fused-ring (bicyclic) bond motifs is 1. The topological polar surface area (TPSA) is 109 Å². The van der Waals surface area contributed by atoms with Gasteiger partial charge in [0.2, 0.25) is 0 Å². The Morgan fingerprint density at radius 2 is 2.10 bits per heavy atom. The second kappa shape index (κ2) is 8.28. The molecular weight excluding hydrogens is 378 g/mol. The average Bonchev–Trinajstić information content (AvgIpc) is 3.11. The van der Waals surface area contributed by atoms with Crippen molar-refractivity contribution in [2.45, 2.75) is 51.2 Å². The Labute approximate surface area is 176 Å². The molecule has 1 unspecified atom stereocenters. The molecule has 4 rings (SSSR count). The summed E-state index contributed by atoms with van der Waals surface area (Å²) in [5, 5.41) is 9.50. The van der Waals surface area contributed by atoms with Gasteiger partial charge in [-0.15, -0.1) is 0 Å². The number of aromatic nitrogens is 1. The number of nitrogens with one attached hydrogen (secondary N) is 3. The number of carbonyl (C=O) groups is 2. The van der Waals surface area contributed by atoms with Gasteiger partial charge in [-0.25, -0.2) is 4.98 Å². The Bertz CT molecular complexity index is 1020. The van der Waals surface area contributed by atoms with Crippen molar-refractivity contribution in [1.29, 1.82) is 0 Å². The molecular formula is C23H27N5O2. The first-order valence-corrected chi connectivity index (χ1v) is 10.4. The summed E-state index contributed by atoms with van der Waals surface area (Å²) in [4.78, 5) is 30.1. The van der Waals surface area contributed by atoms with Crippen LogP contribution in [0, 0.1) is 6.92 Å². The van der Waals surface area contributed by atoms with Crippen molar-refractivity contribution in [3.63, 3.8) is 0 Å². The van der Waals surface area contributed by atoms with Crippen molar-refractivity contribution >= 4 is 29.0 Å². The maximum atomic E-state index is 12.7. The normalized spacial score (nSPS) is 20.3. The molecule has 0 bridgehead atoms. The minimum Gasteiger partial charge on any atom is -0.365 e. The zero-order chi connectivity index (χ0) is 21.3. The van der Waals surface area contributed by atoms with Crippen LogP contribution in [0.1, 0.15) is 57.5 Å². The van der Waals surface area contributed by atoms with E-state index in [2.05, 4.69) is 22.5 Å². The predicted molar refractivity (Wildman–Crippen MR) is 118 cm³/mol. The van der Waals surface area contributed by atoms with Gasteiger partial charge in [0.25, 0.3) is 5.91 Å². The predicted octanol–water partition coefficient (Wildman–Crippen LogP) is 3.43. The second-order valence-corrected chi connectivity index (χ2v) is 7.98. The highest BCUT2D eigenvalue weighted by atomic mass is 16.2. The molecule has 7 heteroatoms. The fourth-order valence-corrected chi connectivity index (χ4v) is 4.25. The number of nitrogens with zero attached hydrogens (tertiary/aromatic N) is 1. The molecule has 2 heterocycles. The average molecular weight is 406 g/mol. The monoisotopic (exact) mass is 405 g/mol. The molecule has 0 spiro atoms. The summed E-state index contributed by atoms with van der Waals surface area (Å²) >= 11 is 0. The first-order chi connectivity index (χ1) is 14.5. The first kappa shape index (κ1) is 20.1. The first-order valence-electron chi connectivity index (χ1n) is 10.4. The molecule has 156 valence electrons. The molecule has 0 saturated heterocycles. The van der Waals surface area contributed by atoms with Crippen molar-refractivity contribution in [2.75, 3.05) is 10.6 Å². The number of carbonyl (C=O) groups excluding carboxylic acids is 2. The number of benzene rings is 1. The molecule has 2 aliphatic rings. The van der Waals surface area contributed by atoms with Gasteiger partial charge in [0.15, 0.2) is 5.78 Å². The SMILES string of the molecule is C=CC(=O)c1c(NC2CCCC[C@@H]2N)nc(Nc2cccc(C)c2)c2c1CNC2=O. The number of amides is 1. The van der Waals surface area contributed by atoms with Crippen LogP contribution in [0.2, 0.25) is 0 Å². The third kappa shape index (κ3) is 3.80. The van der Waals surface area contributed by atoms with Crippen LogP contribution >= 0.6 is 0 Å². The van der Waals surface area contributed by atoms with E-state index in [9.17, 15) is 9.59 Å². The zero-order valence-electron chi connectivity index (χ0n) is 17.1. The lowest BCUT2D eigenvalue weighted by molar-refractivity contribution is 0.0965. The summed E-state index contributed by atoms with van der Waals surface area (Å²) in [5.74, 6) is 0.377. The number of nitrogens with two attached hydrogens (primary N) is 1. The number of pyridine rings is 1. The number of anilines is 3. The fourth-order valence-electron chi connectivity index (χ4n) is 4.25. The van der Waals surface area contributed by atoms with E-state index < -0.39 is 0 Å². The van der Waals surface area contributed by atoms with Gasteiger partial charge in [-0.2, -0.15) is 0 Å². The van der Waals surface area contributed by atoms with E-state index in [1.54, 1.807) is 0 Å². The standard InChI is InChI=1S/C23H27N5O2/c1-3-18(29)19-15-12-25-23(30)20(15)22(26-14-8-6-7-13(2)11-14)28-21(19)27-17-10-5-4-9-16(17)24/h3,6-8,11,16-17H,1,4-5,9-10,12,24H2,2H3,(H,25,30)(H2,26,27,28)/t16-,17?/m0/s1. The quantitative estimate of drug-likeness (QED) is 0.433. The van der Waals surface area contributed by atoms with Gasteiger partial charge in [-0.3, -0.25) is 9.59 Å². The minimum absolute atomic E-state index is 0.00609. The Kier molecular flexibility index (Phi) is 5.55. The minimum atomic E-state index is -0.260. The van der Waals surface area contributed by atoms with Crippen LogP contribution in [0.25, 0.3) is 0 Å². The molecule has 0 radical (unpaired) electrons. The molecule has 1 aromatic carbocycles. The summed E-state index contributed by atoms with van der Waals surface area (Å²) in [6.45, 7) is 5.91. The van der Waals surface area contributed by atoms with Crippen LogP contribution in [-0.2, 0) is 6.54 Å². The third-order valence-electron chi connectivity index (χ3n) is 5.81. The Balaban J connectivity index is 1.82. The number of hydrogen-bond acceptors (Lipinski definition) is 6. The molecule has 30 heavy (non-hydrogen) atoms. The summed E-state index contributed by atoms with van der Waals surface area (Å²) in [6.07, 6.45) is 5.30. The maximum absolute atomic E-state index is 12.7. The fraction of sp³-hybridized carbons (Fsp3) is 0.348. The van der Waals surface area contributed by atoms with E-state index in [0.29, 0.717) is 28.3 Å². The Morgan fingerprint density at radius 1 is 1.30 bits per heavy atom. The van der Waals surface area contributed by atoms with Gasteiger partial charge >= 0.3 is 0 Å². The Hall–Kier alpha value is -3.19. The van der Waals surface area contributed by atoms with E-state index >= 15 is 0 Å². The van der Waals surface area contributed by atoms with Crippen molar-refractivity contribution in [3.05, 3.63) is 59.2 Å². The molecule has 2 atom stereocenters. The molecule has 1 aliphatic carbocycles. The van der Waals surface area contributed by atoms with E-state index in [1.807, 2.05) is 31.2 Å². The number of rotatable bonds is 6. The van der Waals surface area contributed by atoms with E-state index in [-0.39, 0.29) is 30.3 Å². The number of hydrogen-bond donors (Lipinski definition) is 4. The van der Waals surface area contributed by atoms with E-state index in [1.165, 1.54) is 6.08 Å². The number of ketones is 1. The van der Waals surface area contributed by atoms with Gasteiger partial charge in [-0.1, -0.05) is 31.6 Å². The number of aryl methyl sites for hydroxylation is 1. The number of allylic oxidation sites excluding steroid dienone is 1. The summed E-state index contributed by atoms with van der Waals surface area (Å²) < 4.78 is 0. The highest BCUT2D eigenvalue weighted by Crippen LogP contribution is 2.34. The smallest absolute Gasteiger partial charge is 0.255 e. The van der Waals surface area contributed by atoms with Crippen molar-refractivity contribution in [3.8, 4) is 0 Å². The summed E-state index contributed by atoms with van der Waals surface area (Å²) in [5.41, 5.74) is 9.67. The second-order valence-electron chi connectivity index (χ2n) is 7.98. The molecule has 1 saturated carbocycles. The van der Waals surface area contributed by atoms with Crippen LogP contribution < -0.4 is 21.7 Å². The highest BCUT2D eigenvalue weighted by molar-refractivity contribution is 6.14. The van der Waals surface area contributed by atoms with Gasteiger partial charge in [0.1, 0.15) is 11.6 Å². The molecule has 1 fully saturated rings. The Morgan fingerprint density at radius 3 is 2.83 bits per heavy atom. The van der Waals surface area contributed by atoms with Crippen LogP contribution in [0.3, 0.4) is 0 Å². The van der Waals surface area contributed by atoms with Crippen LogP contribution in [-0.4, -0.2) is 28.8 Å². The molecule has 5 N–H and O–H groups in total. The highest BCUT2D eigenvalue weighted by Gasteiger charge is 2.33. The van der Waals surface area contributed by atoms with Crippen molar-refractivity contribution in [1.82, 2.24) is 10.3 Å². The van der Waals surface area contributed by atoms with Crippen LogP contribution in [0.15, 0.2) is 36.9 Å².